The van der Waals surface area contributed by atoms with Crippen LogP contribution in [0.1, 0.15) is 16.7 Å². The van der Waals surface area contributed by atoms with Crippen LogP contribution in [-0.2, 0) is 6.54 Å². The van der Waals surface area contributed by atoms with E-state index in [1.54, 1.807) is 12.1 Å². The molecule has 0 fully saturated rings. The molecule has 19 heavy (non-hydrogen) atoms. The molecule has 2 aromatic rings. The fraction of sp³-hybridized carbons (Fsp3) is 0.188. The van der Waals surface area contributed by atoms with Gasteiger partial charge in [0.1, 0.15) is 0 Å². The summed E-state index contributed by atoms with van der Waals surface area (Å²) in [5.41, 5.74) is 10.7. The molecule has 2 N–H and O–H groups in total. The van der Waals surface area contributed by atoms with E-state index in [9.17, 15) is 0 Å². The molecule has 0 aliphatic carbocycles. The third-order valence-electron chi connectivity index (χ3n) is 3.24. The molecule has 0 heterocycles. The molecule has 0 amide bonds. The smallest absolute Gasteiger partial charge is 0.0992 e. The largest absolute Gasteiger partial charge is 0.397 e. The lowest BCUT2D eigenvalue weighted by atomic mass is 10.1. The molecule has 0 radical (unpaired) electrons. The Morgan fingerprint density at radius 1 is 1.21 bits per heavy atom. The van der Waals surface area contributed by atoms with Gasteiger partial charge in [0.2, 0.25) is 0 Å². The highest BCUT2D eigenvalue weighted by Crippen LogP contribution is 2.25. The van der Waals surface area contributed by atoms with Gasteiger partial charge in [-0.25, -0.2) is 0 Å². The molecule has 0 aromatic heterocycles. The van der Waals surface area contributed by atoms with Crippen LogP contribution < -0.4 is 10.6 Å². The zero-order valence-electron chi connectivity index (χ0n) is 11.2. The molecule has 2 aromatic carbocycles. The summed E-state index contributed by atoms with van der Waals surface area (Å²) in [5, 5.41) is 8.96. The summed E-state index contributed by atoms with van der Waals surface area (Å²) >= 11 is 0. The summed E-state index contributed by atoms with van der Waals surface area (Å²) in [6.07, 6.45) is 0. The Labute approximate surface area is 113 Å². The van der Waals surface area contributed by atoms with E-state index in [0.29, 0.717) is 11.3 Å². The third kappa shape index (κ3) is 2.86. The number of anilines is 2. The minimum atomic E-state index is 0.626. The second-order valence-electron chi connectivity index (χ2n) is 4.67. The second kappa shape index (κ2) is 5.45. The monoisotopic (exact) mass is 251 g/mol. The van der Waals surface area contributed by atoms with Crippen LogP contribution in [0.15, 0.2) is 42.5 Å². The first-order valence-electron chi connectivity index (χ1n) is 6.17. The van der Waals surface area contributed by atoms with E-state index >= 15 is 0 Å². The Kier molecular flexibility index (Phi) is 3.72. The fourth-order valence-electron chi connectivity index (χ4n) is 2.07. The van der Waals surface area contributed by atoms with Gasteiger partial charge in [-0.1, -0.05) is 24.3 Å². The molecular formula is C16H17N3. The lowest BCUT2D eigenvalue weighted by Crippen LogP contribution is -2.18. The van der Waals surface area contributed by atoms with Gasteiger partial charge < -0.3 is 10.6 Å². The minimum absolute atomic E-state index is 0.626. The van der Waals surface area contributed by atoms with Gasteiger partial charge in [-0.2, -0.15) is 5.26 Å². The number of nitrogen functional groups attached to an aromatic ring is 1. The van der Waals surface area contributed by atoms with Crippen molar-refractivity contribution in [2.24, 2.45) is 0 Å². The number of nitrogens with zero attached hydrogens (tertiary/aromatic N) is 2. The molecule has 96 valence electrons. The Hall–Kier alpha value is -2.47. The lowest BCUT2D eigenvalue weighted by Gasteiger charge is -2.22. The molecule has 3 nitrogen and oxygen atoms in total. The molecule has 0 bridgehead atoms. The van der Waals surface area contributed by atoms with Crippen LogP contribution in [0.25, 0.3) is 0 Å². The number of hydrogen-bond acceptors (Lipinski definition) is 3. The highest BCUT2D eigenvalue weighted by molar-refractivity contribution is 5.69. The average molecular weight is 251 g/mol. The van der Waals surface area contributed by atoms with Crippen molar-refractivity contribution in [2.45, 2.75) is 13.5 Å². The second-order valence-corrected chi connectivity index (χ2v) is 4.67. The van der Waals surface area contributed by atoms with Crippen LogP contribution in [0, 0.1) is 18.3 Å². The van der Waals surface area contributed by atoms with Crippen LogP contribution in [0.2, 0.25) is 0 Å². The van der Waals surface area contributed by atoms with Crippen molar-refractivity contribution in [1.29, 1.82) is 5.26 Å². The Morgan fingerprint density at radius 3 is 2.63 bits per heavy atom. The highest BCUT2D eigenvalue weighted by atomic mass is 15.1. The molecule has 0 saturated carbocycles. The van der Waals surface area contributed by atoms with E-state index in [-0.39, 0.29) is 0 Å². The molecule has 2 rings (SSSR count). The number of nitrogens with two attached hydrogens (primary N) is 1. The fourth-order valence-corrected chi connectivity index (χ4v) is 2.07. The van der Waals surface area contributed by atoms with E-state index in [1.807, 2.05) is 25.2 Å². The molecule has 0 unspecified atom stereocenters. The summed E-state index contributed by atoms with van der Waals surface area (Å²) in [5.74, 6) is 0. The van der Waals surface area contributed by atoms with Crippen molar-refractivity contribution < 1.29 is 0 Å². The standard InChI is InChI=1S/C16H17N3/c1-12-5-3-4-6-14(12)11-19(2)16-9-13(10-17)7-8-15(16)18/h3-9H,11,18H2,1-2H3. The lowest BCUT2D eigenvalue weighted by molar-refractivity contribution is 0.915. The van der Waals surface area contributed by atoms with E-state index in [1.165, 1.54) is 11.1 Å². The predicted octanol–water partition coefficient (Wildman–Crippen LogP) is 3.09. The van der Waals surface area contributed by atoms with E-state index in [0.717, 1.165) is 12.2 Å². The third-order valence-corrected chi connectivity index (χ3v) is 3.24. The van der Waals surface area contributed by atoms with Crippen LogP contribution in [-0.4, -0.2) is 7.05 Å². The van der Waals surface area contributed by atoms with Crippen LogP contribution in [0.4, 0.5) is 11.4 Å². The van der Waals surface area contributed by atoms with Crippen molar-refractivity contribution in [3.05, 3.63) is 59.2 Å². The molecule has 0 saturated heterocycles. The van der Waals surface area contributed by atoms with Gasteiger partial charge in [0.15, 0.2) is 0 Å². The summed E-state index contributed by atoms with van der Waals surface area (Å²) in [4.78, 5) is 2.07. The van der Waals surface area contributed by atoms with Crippen molar-refractivity contribution in [3.63, 3.8) is 0 Å². The summed E-state index contributed by atoms with van der Waals surface area (Å²) in [6.45, 7) is 2.87. The highest BCUT2D eigenvalue weighted by Gasteiger charge is 2.08. The number of nitriles is 1. The van der Waals surface area contributed by atoms with Crippen molar-refractivity contribution >= 4 is 11.4 Å². The minimum Gasteiger partial charge on any atom is -0.397 e. The van der Waals surface area contributed by atoms with Crippen molar-refractivity contribution in [1.82, 2.24) is 0 Å². The van der Waals surface area contributed by atoms with Gasteiger partial charge in [-0.3, -0.25) is 0 Å². The Balaban J connectivity index is 2.28. The summed E-state index contributed by atoms with van der Waals surface area (Å²) in [6, 6.07) is 15.8. The number of aryl methyl sites for hydroxylation is 1. The number of rotatable bonds is 3. The molecule has 3 heteroatoms. The van der Waals surface area contributed by atoms with Crippen LogP contribution >= 0.6 is 0 Å². The molecule has 0 aliphatic heterocycles. The zero-order valence-corrected chi connectivity index (χ0v) is 11.2. The van der Waals surface area contributed by atoms with Gasteiger partial charge in [0.05, 0.1) is 23.0 Å². The zero-order chi connectivity index (χ0) is 13.8. The molecule has 0 aliphatic rings. The first-order chi connectivity index (χ1) is 9.11. The molecular weight excluding hydrogens is 234 g/mol. The van der Waals surface area contributed by atoms with Gasteiger partial charge in [0, 0.05) is 13.6 Å². The van der Waals surface area contributed by atoms with E-state index in [4.69, 9.17) is 11.0 Å². The Bertz CT molecular complexity index is 626. The summed E-state index contributed by atoms with van der Waals surface area (Å²) < 4.78 is 0. The SMILES string of the molecule is Cc1ccccc1CN(C)c1cc(C#N)ccc1N. The van der Waals surface area contributed by atoms with E-state index in [2.05, 4.69) is 30.0 Å². The van der Waals surface area contributed by atoms with E-state index < -0.39 is 0 Å². The molecule has 0 atom stereocenters. The normalized spacial score (nSPS) is 9.95. The Morgan fingerprint density at radius 2 is 1.95 bits per heavy atom. The topological polar surface area (TPSA) is 53.0 Å². The first-order valence-corrected chi connectivity index (χ1v) is 6.17. The number of benzene rings is 2. The van der Waals surface area contributed by atoms with Gasteiger partial charge >= 0.3 is 0 Å². The van der Waals surface area contributed by atoms with Gasteiger partial charge in [-0.15, -0.1) is 0 Å². The maximum absolute atomic E-state index is 8.96. The first kappa shape index (κ1) is 13.0. The quantitative estimate of drug-likeness (QED) is 0.853. The van der Waals surface area contributed by atoms with Gasteiger partial charge in [-0.05, 0) is 36.2 Å². The number of hydrogen-bond donors (Lipinski definition) is 1. The maximum atomic E-state index is 8.96. The maximum Gasteiger partial charge on any atom is 0.0992 e. The van der Waals surface area contributed by atoms with Crippen LogP contribution in [0.5, 0.6) is 0 Å². The average Bonchev–Trinajstić information content (AvgIpc) is 2.42. The van der Waals surface area contributed by atoms with Gasteiger partial charge in [0.25, 0.3) is 0 Å². The van der Waals surface area contributed by atoms with Crippen molar-refractivity contribution in [2.75, 3.05) is 17.7 Å². The molecule has 0 spiro atoms. The van der Waals surface area contributed by atoms with Crippen molar-refractivity contribution in [3.8, 4) is 6.07 Å². The van der Waals surface area contributed by atoms with Crippen LogP contribution in [0.3, 0.4) is 0 Å². The summed E-state index contributed by atoms with van der Waals surface area (Å²) in [7, 11) is 1.99. The predicted molar refractivity (Wildman–Crippen MR) is 78.9 cm³/mol.